The smallest absolute Gasteiger partial charge is 0.227 e. The van der Waals surface area contributed by atoms with Crippen LogP contribution in [-0.4, -0.2) is 96.5 Å². The van der Waals surface area contributed by atoms with Crippen LogP contribution in [0.4, 0.5) is 117 Å². The second-order valence-electron chi connectivity index (χ2n) is 23.7. The number of anilines is 18. The van der Waals surface area contributed by atoms with Gasteiger partial charge in [0, 0.05) is 103 Å². The minimum Gasteiger partial charge on any atom is -0.508 e. The highest BCUT2D eigenvalue weighted by Crippen LogP contribution is 2.30. The fraction of sp³-hybridized carbons (Fsp3) is 0.0361. The zero-order valence-electron chi connectivity index (χ0n) is 59.6. The van der Waals surface area contributed by atoms with Gasteiger partial charge in [-0.15, -0.1) is 0 Å². The summed E-state index contributed by atoms with van der Waals surface area (Å²) in [6.45, 7) is 0. The molecule has 111 heavy (non-hydrogen) atoms. The van der Waals surface area contributed by atoms with Gasteiger partial charge >= 0.3 is 0 Å². The summed E-state index contributed by atoms with van der Waals surface area (Å²) >= 11 is 0. The molecular weight excluding hydrogens is 1420 g/mol. The number of aromatic nitrogens is 10. The van der Waals surface area contributed by atoms with Gasteiger partial charge < -0.3 is 76.9 Å². The van der Waals surface area contributed by atoms with E-state index in [1.165, 1.54) is 60.9 Å². The maximum atomic E-state index is 13.0. The van der Waals surface area contributed by atoms with E-state index in [0.717, 1.165) is 51.2 Å². The number of rotatable bonds is 20. The van der Waals surface area contributed by atoms with Crippen LogP contribution in [0.3, 0.4) is 0 Å². The Kier molecular flexibility index (Phi) is 26.5. The summed E-state index contributed by atoms with van der Waals surface area (Å²) in [5, 5.41) is 65.3. The van der Waals surface area contributed by atoms with Crippen molar-refractivity contribution < 1.29 is 43.4 Å². The van der Waals surface area contributed by atoms with Crippen molar-refractivity contribution in [2.24, 2.45) is 0 Å². The van der Waals surface area contributed by atoms with E-state index >= 15 is 0 Å². The lowest BCUT2D eigenvalue weighted by Crippen LogP contribution is -2.10. The highest BCUT2D eigenvalue weighted by atomic mass is 19.1. The number of aromatic hydroxyl groups is 5. The van der Waals surface area contributed by atoms with Gasteiger partial charge in [-0.2, -0.15) is 0 Å². The Morgan fingerprint density at radius 2 is 0.486 bits per heavy atom. The molecule has 0 aliphatic rings. The van der Waals surface area contributed by atoms with E-state index in [2.05, 4.69) is 81.7 Å². The maximum absolute atomic E-state index is 13.0. The fourth-order valence-electron chi connectivity index (χ4n) is 9.89. The average Bonchev–Trinajstić information content (AvgIpc) is 0.856. The van der Waals surface area contributed by atoms with Gasteiger partial charge in [0.05, 0.1) is 84.7 Å². The Labute approximate surface area is 636 Å². The molecule has 5 heterocycles. The highest BCUT2D eigenvalue weighted by Gasteiger charge is 2.12. The summed E-state index contributed by atoms with van der Waals surface area (Å²) in [6.07, 6.45) is 16.6. The second kappa shape index (κ2) is 38.4. The number of para-hydroxylation sites is 2. The molecule has 5 aromatic heterocycles. The molecule has 556 valence electrons. The second-order valence-corrected chi connectivity index (χ2v) is 23.7. The molecule has 15 rings (SSSR count). The van der Waals surface area contributed by atoms with Crippen LogP contribution in [0.2, 0.25) is 0 Å². The molecule has 0 saturated heterocycles. The number of hydrogen-bond donors (Lipinski definition) is 11. The predicted molar refractivity (Wildman–Crippen MR) is 427 cm³/mol. The molecule has 0 atom stereocenters. The third-order valence-electron chi connectivity index (χ3n) is 15.6. The number of hydrogen-bond acceptors (Lipinski definition) is 25. The summed E-state index contributed by atoms with van der Waals surface area (Å²) in [6, 6.07) is 71.6. The minimum absolute atomic E-state index is 0.154. The number of ether oxygens (including phenoxy) is 1. The molecule has 0 fully saturated rings. The zero-order chi connectivity index (χ0) is 77.7. The fourth-order valence-corrected chi connectivity index (χ4v) is 9.89. The van der Waals surface area contributed by atoms with E-state index in [1.807, 2.05) is 121 Å². The molecule has 0 amide bonds. The van der Waals surface area contributed by atoms with Crippen molar-refractivity contribution in [3.63, 3.8) is 0 Å². The van der Waals surface area contributed by atoms with E-state index < -0.39 is 0 Å². The van der Waals surface area contributed by atoms with Gasteiger partial charge in [0.25, 0.3) is 0 Å². The van der Waals surface area contributed by atoms with Crippen molar-refractivity contribution in [3.05, 3.63) is 334 Å². The third-order valence-corrected chi connectivity index (χ3v) is 15.6. The predicted octanol–water partition coefficient (Wildman–Crippen LogP) is 18.9. The van der Waals surface area contributed by atoms with Gasteiger partial charge in [-0.05, 0) is 158 Å². The van der Waals surface area contributed by atoms with Gasteiger partial charge in [0.15, 0.2) is 5.75 Å². The summed E-state index contributed by atoms with van der Waals surface area (Å²) in [5.41, 5.74) is 10.5. The molecule has 0 unspecified atom stereocenters. The molecule has 15 aromatic rings. The van der Waals surface area contributed by atoms with Crippen LogP contribution in [0.25, 0.3) is 0 Å². The molecular formula is C83H72F3N19O6. The molecule has 11 N–H and O–H groups in total. The summed E-state index contributed by atoms with van der Waals surface area (Å²) in [4.78, 5) is 48.1. The van der Waals surface area contributed by atoms with Crippen LogP contribution in [0.5, 0.6) is 40.2 Å². The van der Waals surface area contributed by atoms with E-state index in [1.54, 1.807) is 171 Å². The monoisotopic (exact) mass is 1490 g/mol. The van der Waals surface area contributed by atoms with Gasteiger partial charge in [0.2, 0.25) is 29.7 Å². The summed E-state index contributed by atoms with van der Waals surface area (Å²) in [5.74, 6) is 3.20. The number of benzene rings is 10. The highest BCUT2D eigenvalue weighted by molar-refractivity contribution is 5.67. The lowest BCUT2D eigenvalue weighted by atomic mass is 10.3. The molecule has 10 aromatic carbocycles. The molecule has 0 radical (unpaired) electrons. The Balaban J connectivity index is 0.000000137. The zero-order valence-corrected chi connectivity index (χ0v) is 59.6. The minimum atomic E-state index is -0.325. The number of nitrogens with zero attached hydrogens (tertiary/aromatic N) is 13. The van der Waals surface area contributed by atoms with Gasteiger partial charge in [-0.1, -0.05) is 66.7 Å². The first-order valence-corrected chi connectivity index (χ1v) is 33.9. The number of phenols is 5. The van der Waals surface area contributed by atoms with Crippen molar-refractivity contribution in [2.45, 2.75) is 0 Å². The van der Waals surface area contributed by atoms with Crippen LogP contribution in [0.1, 0.15) is 0 Å². The molecule has 28 heteroatoms. The molecule has 0 aliphatic heterocycles. The Morgan fingerprint density at radius 1 is 0.234 bits per heavy atom. The van der Waals surface area contributed by atoms with Crippen LogP contribution < -0.4 is 51.3 Å². The van der Waals surface area contributed by atoms with Gasteiger partial charge in [0.1, 0.15) is 51.9 Å². The average molecular weight is 1490 g/mol. The number of phenolic OH excluding ortho intramolecular Hbond substituents is 5. The Morgan fingerprint density at radius 3 is 0.802 bits per heavy atom. The quantitative estimate of drug-likeness (QED) is 0.0338. The standard InChI is InChI=1S/C17H15FN4O.C17H15FN4.C17H16N4O.C16H12FN3O2.C16H14N4O2/c1-22(14-7-5-12(18)6-8-14)15-10-19-17(20-11-15)21-13-3-2-4-16(23)9-13;1-22(15-9-7-13(18)8-10-15)16-11-19-17(20-12-16)21-14-5-3-2-4-6-14;1-21(14-7-3-2-4-8-14)15-11-18-17(19-12-15)20-13-6-5-9-16(22)10-13;17-11-4-6-14(7-5-11)22-15-9-18-16(19-10-15)20-12-2-1-3-13(21)8-12;21-14-5-1-3-11(7-14)19-13-9-17-16(18-10-13)20-12-4-2-6-15(22)8-12/h2-11,23H,1H3,(H,19,20,21);2-12H,1H3,(H,19,20,21);2-12,22H,1H3,(H,18,19,20);1-10,21H,(H,18,19,20);1-10,19,21-22H,(H,17,18,20). The van der Waals surface area contributed by atoms with Gasteiger partial charge in [-0.25, -0.2) is 63.0 Å². The topological polar surface area (TPSA) is 321 Å². The first-order valence-electron chi connectivity index (χ1n) is 33.9. The van der Waals surface area contributed by atoms with Crippen LogP contribution in [0.15, 0.2) is 317 Å². The third kappa shape index (κ3) is 24.2. The first-order chi connectivity index (χ1) is 53.9. The van der Waals surface area contributed by atoms with Crippen molar-refractivity contribution in [1.82, 2.24) is 49.8 Å². The van der Waals surface area contributed by atoms with Crippen LogP contribution in [-0.2, 0) is 0 Å². The largest absolute Gasteiger partial charge is 0.508 e. The Hall–Kier alpha value is -15.6. The van der Waals surface area contributed by atoms with Crippen LogP contribution >= 0.6 is 0 Å². The molecule has 0 aliphatic carbocycles. The van der Waals surface area contributed by atoms with Crippen molar-refractivity contribution >= 4 is 104 Å². The van der Waals surface area contributed by atoms with Crippen molar-refractivity contribution in [3.8, 4) is 40.2 Å². The molecule has 0 saturated carbocycles. The maximum Gasteiger partial charge on any atom is 0.227 e. The lowest BCUT2D eigenvalue weighted by molar-refractivity contribution is 0.475. The number of halogens is 3. The van der Waals surface area contributed by atoms with E-state index in [4.69, 9.17) is 4.74 Å². The van der Waals surface area contributed by atoms with E-state index in [-0.39, 0.29) is 46.2 Å². The first kappa shape index (κ1) is 76.5. The molecule has 0 spiro atoms. The van der Waals surface area contributed by atoms with Gasteiger partial charge in [-0.3, -0.25) is 0 Å². The number of nitrogens with one attached hydrogen (secondary N) is 6. The Bertz CT molecular complexity index is 5300. The van der Waals surface area contributed by atoms with Crippen molar-refractivity contribution in [2.75, 3.05) is 67.7 Å². The van der Waals surface area contributed by atoms with Crippen LogP contribution in [0, 0.1) is 17.5 Å². The van der Waals surface area contributed by atoms with E-state index in [9.17, 15) is 38.7 Å². The lowest BCUT2D eigenvalue weighted by Gasteiger charge is -2.18. The normalized spacial score (nSPS) is 10.3. The summed E-state index contributed by atoms with van der Waals surface area (Å²) < 4.78 is 44.2. The summed E-state index contributed by atoms with van der Waals surface area (Å²) in [7, 11) is 5.71. The van der Waals surface area contributed by atoms with Crippen molar-refractivity contribution in [1.29, 1.82) is 0 Å². The SMILES string of the molecule is CN(c1ccc(F)cc1)c1cnc(Nc2cccc(O)c2)nc1.CN(c1ccc(F)cc1)c1cnc(Nc2ccccc2)nc1.CN(c1ccccc1)c1cnc(Nc2cccc(O)c2)nc1.Oc1cccc(Nc2cnc(Nc3cccc(O)c3)nc2)c1.Oc1cccc(Nc2ncc(Oc3ccc(F)cc3)cn2)c1. The molecule has 0 bridgehead atoms. The molecule has 25 nitrogen and oxygen atoms in total. The van der Waals surface area contributed by atoms with E-state index in [0.29, 0.717) is 64.0 Å².